The predicted molar refractivity (Wildman–Crippen MR) is 141 cm³/mol. The zero-order valence-electron chi connectivity index (χ0n) is 21.8. The van der Waals surface area contributed by atoms with E-state index in [0.717, 1.165) is 5.56 Å². The molecular formula is C27H34N4O8. The van der Waals surface area contributed by atoms with Crippen LogP contribution in [0.15, 0.2) is 54.6 Å². The van der Waals surface area contributed by atoms with Crippen LogP contribution >= 0.6 is 0 Å². The van der Waals surface area contributed by atoms with Crippen LogP contribution < -0.4 is 16.4 Å². The van der Waals surface area contributed by atoms with E-state index in [0.29, 0.717) is 31.4 Å². The molecule has 0 radical (unpaired) electrons. The zero-order valence-corrected chi connectivity index (χ0v) is 21.8. The topological polar surface area (TPSA) is 180 Å². The predicted octanol–water partition coefficient (Wildman–Crippen LogP) is 3.09. The first-order valence-corrected chi connectivity index (χ1v) is 12.6. The largest absolute Gasteiger partial charge is 0.466 e. The van der Waals surface area contributed by atoms with E-state index in [1.165, 1.54) is 24.3 Å². The van der Waals surface area contributed by atoms with E-state index in [9.17, 15) is 29.3 Å². The van der Waals surface area contributed by atoms with Gasteiger partial charge >= 0.3 is 12.1 Å². The fourth-order valence-electron chi connectivity index (χ4n) is 3.84. The molecule has 2 aromatic carbocycles. The second-order valence-electron chi connectivity index (χ2n) is 8.71. The lowest BCUT2D eigenvalue weighted by Gasteiger charge is -2.25. The monoisotopic (exact) mass is 542 g/mol. The standard InChI is InChI=1S/C27H34N4O8/c1-2-38-24(33)17-22(20-12-14-21(15-13-20)31(36)37)25(26(28)34)30-23(32)11-7-4-8-16-29-27(35)39-18-19-9-5-3-6-10-19/h3,5-6,9-10,12-15,22,25H,2,4,7-8,11,16-18H2,1H3,(H2,28,34)(H,29,35)(H,30,32)/t22-,25+/m1/s1. The lowest BCUT2D eigenvalue weighted by molar-refractivity contribution is -0.384. The Balaban J connectivity index is 1.84. The van der Waals surface area contributed by atoms with Gasteiger partial charge in [-0.3, -0.25) is 24.5 Å². The molecule has 0 aliphatic carbocycles. The highest BCUT2D eigenvalue weighted by Gasteiger charge is 2.32. The van der Waals surface area contributed by atoms with E-state index in [1.54, 1.807) is 6.92 Å². The van der Waals surface area contributed by atoms with Crippen LogP contribution in [0.5, 0.6) is 0 Å². The van der Waals surface area contributed by atoms with Crippen molar-refractivity contribution in [3.63, 3.8) is 0 Å². The van der Waals surface area contributed by atoms with Crippen LogP contribution in [0.25, 0.3) is 0 Å². The smallest absolute Gasteiger partial charge is 0.407 e. The van der Waals surface area contributed by atoms with E-state index in [1.807, 2.05) is 30.3 Å². The van der Waals surface area contributed by atoms with Crippen LogP contribution in [0.1, 0.15) is 56.1 Å². The van der Waals surface area contributed by atoms with Gasteiger partial charge in [-0.25, -0.2) is 4.79 Å². The summed E-state index contributed by atoms with van der Waals surface area (Å²) in [5, 5.41) is 16.2. The van der Waals surface area contributed by atoms with Gasteiger partial charge < -0.3 is 25.8 Å². The number of alkyl carbamates (subject to hydrolysis) is 1. The summed E-state index contributed by atoms with van der Waals surface area (Å²) in [6.45, 7) is 2.31. The Morgan fingerprint density at radius 2 is 1.67 bits per heavy atom. The van der Waals surface area contributed by atoms with Crippen molar-refractivity contribution in [3.8, 4) is 0 Å². The van der Waals surface area contributed by atoms with E-state index in [4.69, 9.17) is 15.2 Å². The Kier molecular flexibility index (Phi) is 12.9. The van der Waals surface area contributed by atoms with Crippen molar-refractivity contribution in [2.24, 2.45) is 5.73 Å². The third-order valence-electron chi connectivity index (χ3n) is 5.81. The Morgan fingerprint density at radius 3 is 2.28 bits per heavy atom. The average Bonchev–Trinajstić information content (AvgIpc) is 2.92. The number of hydrogen-bond donors (Lipinski definition) is 3. The number of rotatable bonds is 16. The second-order valence-corrected chi connectivity index (χ2v) is 8.71. The van der Waals surface area contributed by atoms with Crippen LogP contribution in [0.3, 0.4) is 0 Å². The van der Waals surface area contributed by atoms with Crippen molar-refractivity contribution in [2.45, 2.75) is 57.6 Å². The number of primary amides is 1. The highest BCUT2D eigenvalue weighted by Crippen LogP contribution is 2.27. The first-order chi connectivity index (χ1) is 18.7. The number of esters is 1. The molecular weight excluding hydrogens is 508 g/mol. The molecule has 3 amide bonds. The van der Waals surface area contributed by atoms with Gasteiger partial charge in [-0.1, -0.05) is 48.9 Å². The van der Waals surface area contributed by atoms with Crippen molar-refractivity contribution in [1.82, 2.24) is 10.6 Å². The summed E-state index contributed by atoms with van der Waals surface area (Å²) in [4.78, 5) is 59.3. The molecule has 12 heteroatoms. The molecule has 12 nitrogen and oxygen atoms in total. The van der Waals surface area contributed by atoms with Gasteiger partial charge in [0.2, 0.25) is 11.8 Å². The molecule has 0 fully saturated rings. The van der Waals surface area contributed by atoms with Gasteiger partial charge in [-0.15, -0.1) is 0 Å². The summed E-state index contributed by atoms with van der Waals surface area (Å²) in [6.07, 6.45) is 1.03. The number of unbranched alkanes of at least 4 members (excludes halogenated alkanes) is 2. The fourth-order valence-corrected chi connectivity index (χ4v) is 3.84. The summed E-state index contributed by atoms with van der Waals surface area (Å²) in [5.41, 5.74) is 6.71. The van der Waals surface area contributed by atoms with E-state index < -0.39 is 40.8 Å². The Labute approximate surface area is 226 Å². The molecule has 0 spiro atoms. The normalized spacial score (nSPS) is 12.0. The van der Waals surface area contributed by atoms with Crippen LogP contribution in [0.2, 0.25) is 0 Å². The highest BCUT2D eigenvalue weighted by molar-refractivity contribution is 5.88. The van der Waals surface area contributed by atoms with E-state index in [-0.39, 0.29) is 31.7 Å². The number of nitrogens with one attached hydrogen (secondary N) is 2. The Bertz CT molecular complexity index is 1110. The number of ether oxygens (including phenoxy) is 2. The number of non-ortho nitro benzene ring substituents is 1. The maximum Gasteiger partial charge on any atom is 0.407 e. The van der Waals surface area contributed by atoms with Crippen molar-refractivity contribution in [1.29, 1.82) is 0 Å². The van der Waals surface area contributed by atoms with Gasteiger partial charge in [0.05, 0.1) is 18.0 Å². The van der Waals surface area contributed by atoms with Crippen molar-refractivity contribution >= 4 is 29.6 Å². The molecule has 4 N–H and O–H groups in total. The maximum atomic E-state index is 12.6. The number of hydrogen-bond acceptors (Lipinski definition) is 8. The molecule has 2 rings (SSSR count). The number of amides is 3. The van der Waals surface area contributed by atoms with Crippen LogP contribution in [-0.2, 0) is 30.5 Å². The maximum absolute atomic E-state index is 12.6. The summed E-state index contributed by atoms with van der Waals surface area (Å²) in [5.74, 6) is -2.77. The number of nitrogens with zero attached hydrogens (tertiary/aromatic N) is 1. The average molecular weight is 543 g/mol. The lowest BCUT2D eigenvalue weighted by atomic mass is 9.87. The third-order valence-corrected chi connectivity index (χ3v) is 5.81. The summed E-state index contributed by atoms with van der Waals surface area (Å²) < 4.78 is 10.1. The minimum Gasteiger partial charge on any atom is -0.466 e. The zero-order chi connectivity index (χ0) is 28.6. The van der Waals surface area contributed by atoms with Crippen molar-refractivity contribution in [2.75, 3.05) is 13.2 Å². The number of benzene rings is 2. The van der Waals surface area contributed by atoms with Crippen molar-refractivity contribution in [3.05, 3.63) is 75.8 Å². The Hall–Kier alpha value is -4.48. The lowest BCUT2D eigenvalue weighted by Crippen LogP contribution is -2.48. The Morgan fingerprint density at radius 1 is 0.974 bits per heavy atom. The highest BCUT2D eigenvalue weighted by atomic mass is 16.6. The van der Waals surface area contributed by atoms with Gasteiger partial charge in [0.15, 0.2) is 0 Å². The molecule has 39 heavy (non-hydrogen) atoms. The number of nitrogens with two attached hydrogens (primary N) is 1. The number of nitro groups is 1. The second kappa shape index (κ2) is 16.4. The molecule has 2 atom stereocenters. The minimum absolute atomic E-state index is 0.0919. The van der Waals surface area contributed by atoms with E-state index >= 15 is 0 Å². The van der Waals surface area contributed by atoms with Crippen LogP contribution in [0, 0.1) is 10.1 Å². The van der Waals surface area contributed by atoms with Crippen LogP contribution in [0.4, 0.5) is 10.5 Å². The SMILES string of the molecule is CCOC(=O)C[C@H](c1ccc([N+](=O)[O-])cc1)[C@H](NC(=O)CCCCCNC(=O)OCc1ccccc1)C(N)=O. The summed E-state index contributed by atoms with van der Waals surface area (Å²) >= 11 is 0. The first-order valence-electron chi connectivity index (χ1n) is 12.6. The fraction of sp³-hybridized carbons (Fsp3) is 0.407. The number of nitro benzene ring substituents is 1. The number of carbonyl (C=O) groups is 4. The van der Waals surface area contributed by atoms with Crippen molar-refractivity contribution < 1.29 is 33.6 Å². The molecule has 0 aliphatic heterocycles. The number of carbonyl (C=O) groups excluding carboxylic acids is 4. The minimum atomic E-state index is -1.23. The molecule has 0 saturated carbocycles. The molecule has 0 unspecified atom stereocenters. The molecule has 0 heterocycles. The summed E-state index contributed by atoms with van der Waals surface area (Å²) in [6, 6.07) is 13.4. The molecule has 210 valence electrons. The first kappa shape index (κ1) is 30.7. The molecule has 0 aliphatic rings. The molecule has 0 saturated heterocycles. The van der Waals surface area contributed by atoms with Gasteiger partial charge in [0, 0.05) is 31.0 Å². The van der Waals surface area contributed by atoms with Crippen LogP contribution in [-0.4, -0.2) is 48.0 Å². The third kappa shape index (κ3) is 11.2. The van der Waals surface area contributed by atoms with E-state index in [2.05, 4.69) is 10.6 Å². The molecule has 0 aromatic heterocycles. The summed E-state index contributed by atoms with van der Waals surface area (Å²) in [7, 11) is 0. The molecule has 2 aromatic rings. The van der Waals surface area contributed by atoms with Gasteiger partial charge in [-0.05, 0) is 30.9 Å². The quantitative estimate of drug-likeness (QED) is 0.125. The molecule has 0 bridgehead atoms. The van der Waals surface area contributed by atoms with Gasteiger partial charge in [0.25, 0.3) is 5.69 Å². The van der Waals surface area contributed by atoms with Gasteiger partial charge in [0.1, 0.15) is 12.6 Å². The van der Waals surface area contributed by atoms with Gasteiger partial charge in [-0.2, -0.15) is 0 Å².